The first-order valence-electron chi connectivity index (χ1n) is 2.12. The van der Waals surface area contributed by atoms with Crippen molar-refractivity contribution in [3.8, 4) is 0 Å². The molecule has 0 saturated carbocycles. The topological polar surface area (TPSA) is 201 Å². The van der Waals surface area contributed by atoms with E-state index >= 15 is 0 Å². The van der Waals surface area contributed by atoms with Crippen LogP contribution in [0.15, 0.2) is 0 Å². The SMILES string of the molecule is O=P(O)(O)O.[Na+].[Na+].[O]=[Cr](=[O])([O-])[O][Cr](=[O])(=[O])[O-]. The first kappa shape index (κ1) is 26.7. The fourth-order valence-corrected chi connectivity index (χ4v) is 1.74. The van der Waals surface area contributed by atoms with Crippen LogP contribution in [0.25, 0.3) is 0 Å². The molecule has 0 aromatic carbocycles. The van der Waals surface area contributed by atoms with Gasteiger partial charge in [0.05, 0.1) is 0 Å². The zero-order valence-corrected chi connectivity index (χ0v) is 15.3. The summed E-state index contributed by atoms with van der Waals surface area (Å²) in [6.45, 7) is 0. The van der Waals surface area contributed by atoms with Gasteiger partial charge in [-0.1, -0.05) is 0 Å². The summed E-state index contributed by atoms with van der Waals surface area (Å²) in [5, 5.41) is 0. The van der Waals surface area contributed by atoms with Crippen LogP contribution in [-0.2, 0) is 49.8 Å². The minimum atomic E-state index is -6.07. The number of rotatable bonds is 2. The van der Waals surface area contributed by atoms with Gasteiger partial charge < -0.3 is 14.7 Å². The Bertz CT molecular complexity index is 359. The van der Waals surface area contributed by atoms with Crippen LogP contribution in [0.3, 0.4) is 0 Å². The molecule has 16 heteroatoms. The molecule has 0 atom stereocenters. The zero-order chi connectivity index (χ0) is 12.2. The molecule has 0 amide bonds. The molecule has 0 aromatic rings. The molecule has 0 heterocycles. The Balaban J connectivity index is -0.0000000904. The summed E-state index contributed by atoms with van der Waals surface area (Å²) in [6.07, 6.45) is 0. The van der Waals surface area contributed by atoms with Crippen molar-refractivity contribution < 1.29 is 132 Å². The summed E-state index contributed by atoms with van der Waals surface area (Å²) in [7, 11) is -4.64. The van der Waals surface area contributed by atoms with Crippen LogP contribution >= 0.6 is 7.82 Å². The van der Waals surface area contributed by atoms with Crippen molar-refractivity contribution in [2.24, 2.45) is 0 Å². The normalized spacial score (nSPS) is 11.3. The second-order valence-electron chi connectivity index (χ2n) is 1.40. The summed E-state index contributed by atoms with van der Waals surface area (Å²) < 4.78 is 67.8. The van der Waals surface area contributed by atoms with E-state index in [9.17, 15) is 23.5 Å². The summed E-state index contributed by atoms with van der Waals surface area (Å²) in [5.41, 5.74) is 0. The molecule has 0 spiro atoms. The van der Waals surface area contributed by atoms with Gasteiger partial charge in [0.1, 0.15) is 0 Å². The molecule has 0 fully saturated rings. The fourth-order valence-electron chi connectivity index (χ4n) is 0.102. The van der Waals surface area contributed by atoms with Crippen LogP contribution < -0.4 is 67.4 Å². The number of phosphoric acid groups is 1. The van der Waals surface area contributed by atoms with E-state index in [2.05, 4.69) is 2.84 Å². The second kappa shape index (κ2) is 10.1. The third kappa shape index (κ3) is 55.5. The van der Waals surface area contributed by atoms with Crippen molar-refractivity contribution in [2.75, 3.05) is 0 Å². The van der Waals surface area contributed by atoms with Gasteiger partial charge in [0.25, 0.3) is 0 Å². The van der Waals surface area contributed by atoms with Gasteiger partial charge in [0.2, 0.25) is 0 Å². The van der Waals surface area contributed by atoms with Crippen LogP contribution in [0.5, 0.6) is 0 Å². The van der Waals surface area contributed by atoms with Gasteiger partial charge in [0.15, 0.2) is 0 Å². The number of hydrogen-bond acceptors (Lipinski definition) is 8. The molecule has 0 aliphatic rings. The maximum atomic E-state index is 9.38. The minimum absolute atomic E-state index is 0. The molecule has 0 aliphatic heterocycles. The van der Waals surface area contributed by atoms with Gasteiger partial charge in [-0.25, -0.2) is 4.57 Å². The molecule has 0 bridgehead atoms. The van der Waals surface area contributed by atoms with Crippen LogP contribution in [0.4, 0.5) is 0 Å². The summed E-state index contributed by atoms with van der Waals surface area (Å²) in [5.74, 6) is 0. The Morgan fingerprint density at radius 2 is 1.00 bits per heavy atom. The van der Waals surface area contributed by atoms with Crippen molar-refractivity contribution in [3.05, 3.63) is 0 Å². The van der Waals surface area contributed by atoms with Gasteiger partial charge in [-0.2, -0.15) is 0 Å². The first-order chi connectivity index (χ1) is 5.71. The van der Waals surface area contributed by atoms with E-state index in [0.29, 0.717) is 0 Å². The van der Waals surface area contributed by atoms with E-state index in [1.165, 1.54) is 0 Å². The number of hydrogen-bond donors (Lipinski definition) is 3. The van der Waals surface area contributed by atoms with Crippen LogP contribution in [0.1, 0.15) is 0 Å². The molecule has 11 nitrogen and oxygen atoms in total. The van der Waals surface area contributed by atoms with E-state index in [-0.39, 0.29) is 59.1 Å². The quantitative estimate of drug-likeness (QED) is 0.312. The second-order valence-corrected chi connectivity index (χ2v) is 6.06. The van der Waals surface area contributed by atoms with E-state index in [4.69, 9.17) is 19.2 Å². The summed E-state index contributed by atoms with van der Waals surface area (Å²) in [4.78, 5) is 21.6. The Morgan fingerprint density at radius 3 is 1.00 bits per heavy atom. The Morgan fingerprint density at radius 1 is 0.875 bits per heavy atom. The summed E-state index contributed by atoms with van der Waals surface area (Å²) >= 11 is -12.1. The molecule has 0 rings (SSSR count). The van der Waals surface area contributed by atoms with Crippen molar-refractivity contribution in [1.29, 1.82) is 0 Å². The van der Waals surface area contributed by atoms with Gasteiger partial charge in [-0.05, 0) is 0 Å². The molecule has 0 radical (unpaired) electrons. The third-order valence-corrected chi connectivity index (χ3v) is 2.83. The van der Waals surface area contributed by atoms with Gasteiger partial charge in [-0.15, -0.1) is 0 Å². The van der Waals surface area contributed by atoms with Gasteiger partial charge in [-0.3, -0.25) is 0 Å². The van der Waals surface area contributed by atoms with Crippen molar-refractivity contribution in [2.45, 2.75) is 0 Å². The standard InChI is InChI=1S/2Cr.2Na.H3O4P.7O/c;;;;1-5(2,3)4;;;;;;;/h;;;;(H3,1,2,3,4);;;;;;;/q;;2*+1;;;;;;;2*-1. The first-order valence-corrected chi connectivity index (χ1v) is 7.85. The van der Waals surface area contributed by atoms with E-state index in [1.807, 2.05) is 0 Å². The Labute approximate surface area is 138 Å². The monoisotopic (exact) mass is 360 g/mol. The van der Waals surface area contributed by atoms with Crippen molar-refractivity contribution >= 4 is 7.82 Å². The van der Waals surface area contributed by atoms with Crippen LogP contribution in [0.2, 0.25) is 0 Å². The Kier molecular flexibility index (Phi) is 16.9. The predicted molar refractivity (Wildman–Crippen MR) is 18.1 cm³/mol. The zero-order valence-electron chi connectivity index (χ0n) is 7.87. The van der Waals surface area contributed by atoms with Crippen LogP contribution in [0, 0.1) is 0 Å². The third-order valence-electron chi connectivity index (χ3n) is 0.167. The molecule has 88 valence electrons. The van der Waals surface area contributed by atoms with E-state index in [1.54, 1.807) is 0 Å². The van der Waals surface area contributed by atoms with Crippen LogP contribution in [-0.4, -0.2) is 14.7 Å². The average molecular weight is 360 g/mol. The molecule has 0 saturated heterocycles. The van der Waals surface area contributed by atoms with Gasteiger partial charge >= 0.3 is 121 Å². The van der Waals surface area contributed by atoms with Gasteiger partial charge in [0, 0.05) is 0 Å². The Hall–Kier alpha value is 2.25. The molecule has 16 heavy (non-hydrogen) atoms. The predicted octanol–water partition coefficient (Wildman–Crippen LogP) is -9.85. The van der Waals surface area contributed by atoms with E-state index < -0.39 is 35.1 Å². The average Bonchev–Trinajstić information content (AvgIpc) is 1.42. The molecular formula is H3Cr2Na2O11P. The maximum absolute atomic E-state index is 9.38. The molecule has 3 N–H and O–H groups in total. The molecule has 0 aromatic heterocycles. The molecule has 0 aliphatic carbocycles. The molecule has 0 unspecified atom stereocenters. The van der Waals surface area contributed by atoms with E-state index in [0.717, 1.165) is 0 Å². The van der Waals surface area contributed by atoms with Crippen molar-refractivity contribution in [1.82, 2.24) is 0 Å². The summed E-state index contributed by atoms with van der Waals surface area (Å²) in [6, 6.07) is 0. The van der Waals surface area contributed by atoms with Crippen molar-refractivity contribution in [3.63, 3.8) is 0 Å². The fraction of sp³-hybridized carbons (Fsp3) is 0. The molecular weight excluding hydrogens is 357 g/mol.